The van der Waals surface area contributed by atoms with Gasteiger partial charge in [0.1, 0.15) is 5.01 Å². The van der Waals surface area contributed by atoms with Crippen LogP contribution in [0, 0.1) is 0 Å². The average Bonchev–Trinajstić information content (AvgIpc) is 2.54. The lowest BCUT2D eigenvalue weighted by Crippen LogP contribution is -1.80. The molecule has 4 nitrogen and oxygen atoms in total. The molecule has 0 aromatic carbocycles. The lowest BCUT2D eigenvalue weighted by molar-refractivity contribution is 1.10. The van der Waals surface area contributed by atoms with Gasteiger partial charge >= 0.3 is 0 Å². The van der Waals surface area contributed by atoms with E-state index in [2.05, 4.69) is 15.2 Å². The number of nitrogens with two attached hydrogens (primary N) is 1. The molecule has 0 fully saturated rings. The summed E-state index contributed by atoms with van der Waals surface area (Å²) >= 11 is 1.37. The highest BCUT2D eigenvalue weighted by Gasteiger charge is 2.02. The van der Waals surface area contributed by atoms with Crippen molar-refractivity contribution < 1.29 is 0 Å². The third-order valence-corrected chi connectivity index (χ3v) is 2.17. The van der Waals surface area contributed by atoms with Gasteiger partial charge < -0.3 is 5.73 Å². The summed E-state index contributed by atoms with van der Waals surface area (Å²) in [5.41, 5.74) is 6.44. The van der Waals surface area contributed by atoms with Crippen molar-refractivity contribution in [3.8, 4) is 10.6 Å². The van der Waals surface area contributed by atoms with E-state index in [9.17, 15) is 0 Å². The number of nitrogens with zero attached hydrogens (tertiary/aromatic N) is 3. The standard InChI is InChI=1S/C7H6N4S.ClH/c8-7-11-10-6(12-7)5-1-3-9-4-2-5;/h1-4H,(H2,8,11);1H. The maximum Gasteiger partial charge on any atom is 0.203 e. The second-order valence-corrected chi connectivity index (χ2v) is 3.19. The van der Waals surface area contributed by atoms with Gasteiger partial charge in [-0.3, -0.25) is 4.98 Å². The van der Waals surface area contributed by atoms with Crippen LogP contribution in [0.25, 0.3) is 10.6 Å². The fraction of sp³-hybridized carbons (Fsp3) is 0. The van der Waals surface area contributed by atoms with Crippen molar-refractivity contribution >= 4 is 28.9 Å². The molecule has 0 amide bonds. The molecule has 0 aliphatic heterocycles. The van der Waals surface area contributed by atoms with Crippen molar-refractivity contribution in [2.75, 3.05) is 5.73 Å². The molecule has 2 heterocycles. The summed E-state index contributed by atoms with van der Waals surface area (Å²) in [6.45, 7) is 0. The summed E-state index contributed by atoms with van der Waals surface area (Å²) in [7, 11) is 0. The number of pyridine rings is 1. The maximum atomic E-state index is 5.45. The molecule has 0 atom stereocenters. The van der Waals surface area contributed by atoms with E-state index in [0.29, 0.717) is 5.13 Å². The number of anilines is 1. The highest BCUT2D eigenvalue weighted by atomic mass is 35.5. The molecule has 68 valence electrons. The lowest BCUT2D eigenvalue weighted by Gasteiger charge is -1.90. The monoisotopic (exact) mass is 214 g/mol. The van der Waals surface area contributed by atoms with E-state index in [1.807, 2.05) is 12.1 Å². The van der Waals surface area contributed by atoms with Crippen LogP contribution in [0.15, 0.2) is 24.5 Å². The van der Waals surface area contributed by atoms with Gasteiger partial charge in [-0.1, -0.05) is 11.3 Å². The van der Waals surface area contributed by atoms with Gasteiger partial charge in [-0.05, 0) is 12.1 Å². The Balaban J connectivity index is 0.000000845. The fourth-order valence-electron chi connectivity index (χ4n) is 0.846. The highest BCUT2D eigenvalue weighted by Crippen LogP contribution is 2.23. The Morgan fingerprint density at radius 1 is 1.15 bits per heavy atom. The van der Waals surface area contributed by atoms with E-state index in [0.717, 1.165) is 10.6 Å². The highest BCUT2D eigenvalue weighted by molar-refractivity contribution is 7.18. The molecule has 0 aliphatic carbocycles. The first-order chi connectivity index (χ1) is 5.86. The molecule has 2 N–H and O–H groups in total. The minimum Gasteiger partial charge on any atom is -0.374 e. The predicted octanol–water partition coefficient (Wildman–Crippen LogP) is 1.60. The van der Waals surface area contributed by atoms with E-state index in [1.54, 1.807) is 12.4 Å². The topological polar surface area (TPSA) is 64.7 Å². The molecule has 6 heteroatoms. The van der Waals surface area contributed by atoms with Crippen LogP contribution in [0.5, 0.6) is 0 Å². The van der Waals surface area contributed by atoms with E-state index in [1.165, 1.54) is 11.3 Å². The van der Waals surface area contributed by atoms with Crippen LogP contribution in [0.4, 0.5) is 5.13 Å². The molecule has 0 bridgehead atoms. The zero-order chi connectivity index (χ0) is 8.39. The minimum atomic E-state index is 0. The molecule has 2 aromatic rings. The number of hydrogen-bond donors (Lipinski definition) is 1. The maximum absolute atomic E-state index is 5.45. The van der Waals surface area contributed by atoms with E-state index >= 15 is 0 Å². The number of rotatable bonds is 1. The minimum absolute atomic E-state index is 0. The zero-order valence-electron chi connectivity index (χ0n) is 6.54. The predicted molar refractivity (Wildman–Crippen MR) is 54.8 cm³/mol. The second kappa shape index (κ2) is 4.15. The Kier molecular flexibility index (Phi) is 3.16. The fourth-order valence-corrected chi connectivity index (χ4v) is 1.46. The number of nitrogen functional groups attached to an aromatic ring is 1. The summed E-state index contributed by atoms with van der Waals surface area (Å²) in [5.74, 6) is 0. The molecular formula is C7H7ClN4S. The molecule has 0 spiro atoms. The van der Waals surface area contributed by atoms with Gasteiger partial charge in [0.15, 0.2) is 0 Å². The van der Waals surface area contributed by atoms with Crippen LogP contribution in [0.2, 0.25) is 0 Å². The molecule has 0 radical (unpaired) electrons. The van der Waals surface area contributed by atoms with Gasteiger partial charge in [0, 0.05) is 18.0 Å². The molecule has 2 rings (SSSR count). The van der Waals surface area contributed by atoms with Gasteiger partial charge in [0.2, 0.25) is 5.13 Å². The van der Waals surface area contributed by atoms with Crippen molar-refractivity contribution in [2.24, 2.45) is 0 Å². The van der Waals surface area contributed by atoms with Crippen molar-refractivity contribution in [3.63, 3.8) is 0 Å². The van der Waals surface area contributed by atoms with E-state index < -0.39 is 0 Å². The molecule has 0 aliphatic rings. The molecular weight excluding hydrogens is 208 g/mol. The lowest BCUT2D eigenvalue weighted by atomic mass is 10.3. The summed E-state index contributed by atoms with van der Waals surface area (Å²) in [4.78, 5) is 3.90. The first kappa shape index (κ1) is 9.88. The average molecular weight is 215 g/mol. The first-order valence-corrected chi connectivity index (χ1v) is 4.17. The summed E-state index contributed by atoms with van der Waals surface area (Å²) in [6, 6.07) is 3.75. The van der Waals surface area contributed by atoms with Gasteiger partial charge in [0.25, 0.3) is 0 Å². The van der Waals surface area contributed by atoms with Gasteiger partial charge in [0.05, 0.1) is 0 Å². The third kappa shape index (κ3) is 2.13. The summed E-state index contributed by atoms with van der Waals surface area (Å²) < 4.78 is 0. The van der Waals surface area contributed by atoms with Crippen LogP contribution in [0.3, 0.4) is 0 Å². The van der Waals surface area contributed by atoms with Crippen LogP contribution in [-0.2, 0) is 0 Å². The van der Waals surface area contributed by atoms with E-state index in [4.69, 9.17) is 5.73 Å². The van der Waals surface area contributed by atoms with Crippen molar-refractivity contribution in [1.82, 2.24) is 15.2 Å². The smallest absolute Gasteiger partial charge is 0.203 e. The number of aromatic nitrogens is 3. The number of halogens is 1. The van der Waals surface area contributed by atoms with Gasteiger partial charge in [-0.15, -0.1) is 22.6 Å². The normalized spacial score (nSPS) is 9.23. The van der Waals surface area contributed by atoms with Gasteiger partial charge in [-0.2, -0.15) is 0 Å². The Labute approximate surface area is 85.2 Å². The summed E-state index contributed by atoms with van der Waals surface area (Å²) in [6.07, 6.45) is 3.43. The summed E-state index contributed by atoms with van der Waals surface area (Å²) in [5, 5.41) is 8.94. The molecule has 0 unspecified atom stereocenters. The molecule has 2 aromatic heterocycles. The van der Waals surface area contributed by atoms with Crippen molar-refractivity contribution in [1.29, 1.82) is 0 Å². The van der Waals surface area contributed by atoms with Crippen molar-refractivity contribution in [2.45, 2.75) is 0 Å². The van der Waals surface area contributed by atoms with Crippen molar-refractivity contribution in [3.05, 3.63) is 24.5 Å². The second-order valence-electron chi connectivity index (χ2n) is 2.18. The molecule has 0 saturated carbocycles. The zero-order valence-corrected chi connectivity index (χ0v) is 8.18. The first-order valence-electron chi connectivity index (χ1n) is 3.35. The third-order valence-electron chi connectivity index (χ3n) is 1.37. The quantitative estimate of drug-likeness (QED) is 0.783. The van der Waals surface area contributed by atoms with E-state index in [-0.39, 0.29) is 12.4 Å². The Morgan fingerprint density at radius 3 is 2.38 bits per heavy atom. The van der Waals surface area contributed by atoms with Crippen LogP contribution >= 0.6 is 23.7 Å². The Hall–Kier alpha value is -1.20. The molecule has 13 heavy (non-hydrogen) atoms. The molecule has 0 saturated heterocycles. The van der Waals surface area contributed by atoms with Crippen LogP contribution in [0.1, 0.15) is 0 Å². The Morgan fingerprint density at radius 2 is 1.85 bits per heavy atom. The van der Waals surface area contributed by atoms with Gasteiger partial charge in [-0.25, -0.2) is 0 Å². The van der Waals surface area contributed by atoms with Crippen LogP contribution in [-0.4, -0.2) is 15.2 Å². The van der Waals surface area contributed by atoms with Crippen LogP contribution < -0.4 is 5.73 Å². The largest absolute Gasteiger partial charge is 0.374 e. The number of hydrogen-bond acceptors (Lipinski definition) is 5. The SMILES string of the molecule is Cl.Nc1nnc(-c2ccncc2)s1. The Bertz CT molecular complexity index is 375.